The van der Waals surface area contributed by atoms with Gasteiger partial charge in [0.1, 0.15) is 6.61 Å². The molecule has 0 radical (unpaired) electrons. The van der Waals surface area contributed by atoms with Gasteiger partial charge >= 0.3 is 5.97 Å². The Morgan fingerprint density at radius 2 is 1.93 bits per heavy atom. The molecule has 2 aromatic carbocycles. The van der Waals surface area contributed by atoms with Crippen molar-refractivity contribution in [2.24, 2.45) is 0 Å². The average molecular weight is 415 g/mol. The van der Waals surface area contributed by atoms with Crippen molar-refractivity contribution in [3.8, 4) is 0 Å². The third-order valence-electron chi connectivity index (χ3n) is 3.95. The Morgan fingerprint density at radius 1 is 1.14 bits per heavy atom. The predicted octanol–water partition coefficient (Wildman–Crippen LogP) is 5.16. The number of hydrogen-bond donors (Lipinski definition) is 0. The summed E-state index contributed by atoms with van der Waals surface area (Å²) in [5.41, 5.74) is 2.33. The van der Waals surface area contributed by atoms with Crippen LogP contribution in [0.4, 0.5) is 10.8 Å². The summed E-state index contributed by atoms with van der Waals surface area (Å²) in [6, 6.07) is 16.8. The van der Waals surface area contributed by atoms with Crippen molar-refractivity contribution in [1.29, 1.82) is 0 Å². The van der Waals surface area contributed by atoms with Crippen LogP contribution < -0.4 is 4.90 Å². The Labute approximate surface area is 172 Å². The standard InChI is InChI=1S/C21H19ClN2O3S/c1-15(25)24(19-9-5-8-17(22)12-19)21-23-18(14-28-21)13-27-20(26)11-10-16-6-3-2-4-7-16/h2-9,12,14H,10-11,13H2,1H3. The van der Waals surface area contributed by atoms with Crippen LogP contribution in [0.25, 0.3) is 0 Å². The predicted molar refractivity (Wildman–Crippen MR) is 111 cm³/mol. The fourth-order valence-corrected chi connectivity index (χ4v) is 3.68. The number of benzene rings is 2. The molecule has 1 aromatic heterocycles. The molecule has 28 heavy (non-hydrogen) atoms. The molecule has 0 saturated heterocycles. The maximum Gasteiger partial charge on any atom is 0.306 e. The molecule has 0 atom stereocenters. The van der Waals surface area contributed by atoms with Crippen molar-refractivity contribution in [2.45, 2.75) is 26.4 Å². The number of rotatable bonds is 7. The highest BCUT2D eigenvalue weighted by molar-refractivity contribution is 7.14. The van der Waals surface area contributed by atoms with Gasteiger partial charge in [0, 0.05) is 23.7 Å². The van der Waals surface area contributed by atoms with Crippen LogP contribution in [0.15, 0.2) is 60.0 Å². The Balaban J connectivity index is 1.59. The van der Waals surface area contributed by atoms with Crippen molar-refractivity contribution in [3.63, 3.8) is 0 Å². The lowest BCUT2D eigenvalue weighted by Crippen LogP contribution is -2.22. The minimum Gasteiger partial charge on any atom is -0.459 e. The largest absolute Gasteiger partial charge is 0.459 e. The molecular formula is C21H19ClN2O3S. The van der Waals surface area contributed by atoms with Crippen LogP contribution in [0.5, 0.6) is 0 Å². The molecule has 0 bridgehead atoms. The van der Waals surface area contributed by atoms with Gasteiger partial charge in [-0.2, -0.15) is 0 Å². The van der Waals surface area contributed by atoms with Crippen molar-refractivity contribution in [2.75, 3.05) is 4.90 Å². The average Bonchev–Trinajstić information content (AvgIpc) is 3.14. The SMILES string of the molecule is CC(=O)N(c1cccc(Cl)c1)c1nc(COC(=O)CCc2ccccc2)cs1. The van der Waals surface area contributed by atoms with Crippen molar-refractivity contribution in [1.82, 2.24) is 4.98 Å². The number of carbonyl (C=O) groups excluding carboxylic acids is 2. The first-order valence-corrected chi connectivity index (χ1v) is 9.99. The zero-order chi connectivity index (χ0) is 19.9. The van der Waals surface area contributed by atoms with Gasteiger partial charge in [0.25, 0.3) is 0 Å². The number of halogens is 1. The third kappa shape index (κ3) is 5.41. The summed E-state index contributed by atoms with van der Waals surface area (Å²) in [6.07, 6.45) is 0.942. The summed E-state index contributed by atoms with van der Waals surface area (Å²) in [5, 5.41) is 2.82. The summed E-state index contributed by atoms with van der Waals surface area (Å²) in [6.45, 7) is 1.54. The van der Waals surface area contributed by atoms with Crippen molar-refractivity contribution < 1.29 is 14.3 Å². The number of carbonyl (C=O) groups is 2. The Hall–Kier alpha value is -2.70. The molecule has 0 N–H and O–H groups in total. The molecule has 1 heterocycles. The van der Waals surface area contributed by atoms with E-state index >= 15 is 0 Å². The summed E-state index contributed by atoms with van der Waals surface area (Å²) >= 11 is 7.34. The number of esters is 1. The highest BCUT2D eigenvalue weighted by Crippen LogP contribution is 2.30. The molecule has 0 fully saturated rings. The van der Waals surface area contributed by atoms with Gasteiger partial charge in [-0.25, -0.2) is 4.98 Å². The van der Waals surface area contributed by atoms with E-state index in [4.69, 9.17) is 16.3 Å². The Morgan fingerprint density at radius 3 is 2.64 bits per heavy atom. The summed E-state index contributed by atoms with van der Waals surface area (Å²) in [5.74, 6) is -0.459. The number of aromatic nitrogens is 1. The molecular weight excluding hydrogens is 396 g/mol. The van der Waals surface area contributed by atoms with Gasteiger partial charge in [0.05, 0.1) is 11.4 Å². The fourth-order valence-electron chi connectivity index (χ4n) is 2.63. The number of ether oxygens (including phenoxy) is 1. The maximum atomic E-state index is 12.1. The second-order valence-electron chi connectivity index (χ2n) is 6.10. The van der Waals surface area contributed by atoms with Crippen LogP contribution in [0.3, 0.4) is 0 Å². The molecule has 5 nitrogen and oxygen atoms in total. The zero-order valence-electron chi connectivity index (χ0n) is 15.3. The second kappa shape index (κ2) is 9.48. The van der Waals surface area contributed by atoms with E-state index in [0.29, 0.717) is 34.4 Å². The van der Waals surface area contributed by atoms with Crippen LogP contribution in [0.1, 0.15) is 24.6 Å². The van der Waals surface area contributed by atoms with Crippen LogP contribution in [0.2, 0.25) is 5.02 Å². The van der Waals surface area contributed by atoms with E-state index in [-0.39, 0.29) is 18.5 Å². The first kappa shape index (κ1) is 20.0. The minimum atomic E-state index is -0.281. The van der Waals surface area contributed by atoms with Crippen molar-refractivity contribution in [3.05, 3.63) is 76.3 Å². The molecule has 1 amide bonds. The van der Waals surface area contributed by atoms with Crippen molar-refractivity contribution >= 4 is 45.6 Å². The van der Waals surface area contributed by atoms with E-state index in [0.717, 1.165) is 5.56 Å². The molecule has 0 unspecified atom stereocenters. The second-order valence-corrected chi connectivity index (χ2v) is 7.37. The highest BCUT2D eigenvalue weighted by atomic mass is 35.5. The minimum absolute atomic E-state index is 0.0748. The molecule has 0 aliphatic heterocycles. The first-order valence-electron chi connectivity index (χ1n) is 8.73. The number of amides is 1. The number of nitrogens with zero attached hydrogens (tertiary/aromatic N) is 2. The van der Waals surface area contributed by atoms with Crippen LogP contribution in [-0.4, -0.2) is 16.9 Å². The highest BCUT2D eigenvalue weighted by Gasteiger charge is 2.18. The molecule has 3 aromatic rings. The topological polar surface area (TPSA) is 59.5 Å². The van der Waals surface area contributed by atoms with E-state index in [1.807, 2.05) is 30.3 Å². The normalized spacial score (nSPS) is 10.5. The quantitative estimate of drug-likeness (QED) is 0.501. The van der Waals surface area contributed by atoms with E-state index in [2.05, 4.69) is 4.98 Å². The molecule has 0 aliphatic carbocycles. The maximum absolute atomic E-state index is 12.1. The Kier molecular flexibility index (Phi) is 6.79. The number of aryl methyl sites for hydroxylation is 1. The number of anilines is 2. The van der Waals surface area contributed by atoms with E-state index in [1.54, 1.807) is 29.6 Å². The number of thiazole rings is 1. The summed E-state index contributed by atoms with van der Waals surface area (Å²) < 4.78 is 5.31. The van der Waals surface area contributed by atoms with E-state index in [1.165, 1.54) is 23.2 Å². The molecule has 144 valence electrons. The van der Waals surface area contributed by atoms with E-state index < -0.39 is 0 Å². The van der Waals surface area contributed by atoms with Crippen LogP contribution >= 0.6 is 22.9 Å². The van der Waals surface area contributed by atoms with Gasteiger partial charge in [0.15, 0.2) is 5.13 Å². The van der Waals surface area contributed by atoms with Gasteiger partial charge in [-0.15, -0.1) is 11.3 Å². The lowest BCUT2D eigenvalue weighted by Gasteiger charge is -2.18. The van der Waals surface area contributed by atoms with Gasteiger partial charge in [-0.05, 0) is 30.2 Å². The lowest BCUT2D eigenvalue weighted by atomic mass is 10.1. The number of hydrogen-bond acceptors (Lipinski definition) is 5. The third-order valence-corrected chi connectivity index (χ3v) is 5.06. The lowest BCUT2D eigenvalue weighted by molar-refractivity contribution is -0.145. The monoisotopic (exact) mass is 414 g/mol. The summed E-state index contributed by atoms with van der Waals surface area (Å²) in [7, 11) is 0. The Bertz CT molecular complexity index is 959. The smallest absolute Gasteiger partial charge is 0.306 e. The first-order chi connectivity index (χ1) is 13.5. The molecule has 0 saturated carbocycles. The zero-order valence-corrected chi connectivity index (χ0v) is 16.9. The van der Waals surface area contributed by atoms with Gasteiger partial charge in [-0.1, -0.05) is 48.0 Å². The molecule has 3 rings (SSSR count). The van der Waals surface area contributed by atoms with E-state index in [9.17, 15) is 9.59 Å². The van der Waals surface area contributed by atoms with Gasteiger partial charge < -0.3 is 4.74 Å². The van der Waals surface area contributed by atoms with Gasteiger partial charge in [0.2, 0.25) is 5.91 Å². The molecule has 0 aliphatic rings. The fraction of sp³-hybridized carbons (Fsp3) is 0.190. The van der Waals surface area contributed by atoms with Gasteiger partial charge in [-0.3, -0.25) is 14.5 Å². The molecule has 7 heteroatoms. The van der Waals surface area contributed by atoms with Crippen LogP contribution in [-0.2, 0) is 27.4 Å². The summed E-state index contributed by atoms with van der Waals surface area (Å²) in [4.78, 5) is 30.0. The van der Waals surface area contributed by atoms with Crippen LogP contribution in [0, 0.1) is 0 Å². The molecule has 0 spiro atoms.